The molecule has 11 nitrogen and oxygen atoms in total. The van der Waals surface area contributed by atoms with Gasteiger partial charge in [-0.25, -0.2) is 9.59 Å². The predicted octanol–water partition coefficient (Wildman–Crippen LogP) is 5.57. The van der Waals surface area contributed by atoms with Gasteiger partial charge in [0.15, 0.2) is 11.5 Å². The molecule has 4 unspecified atom stereocenters. The molecule has 1 aromatic carbocycles. The second-order valence-electron chi connectivity index (χ2n) is 9.64. The fourth-order valence-electron chi connectivity index (χ4n) is 4.03. The van der Waals surface area contributed by atoms with Crippen molar-refractivity contribution in [2.45, 2.75) is 104 Å². The Balaban J connectivity index is 3.35. The molecular weight excluding hydrogens is 510 g/mol. The number of carbonyl (C=O) groups is 4. The van der Waals surface area contributed by atoms with Gasteiger partial charge in [0.2, 0.25) is 0 Å². The maximum atomic E-state index is 12.5. The third kappa shape index (κ3) is 11.9. The molecule has 0 radical (unpaired) electrons. The molecule has 3 N–H and O–H groups in total. The van der Waals surface area contributed by atoms with E-state index in [4.69, 9.17) is 29.4 Å². The van der Waals surface area contributed by atoms with E-state index in [0.717, 1.165) is 12.8 Å². The van der Waals surface area contributed by atoms with Gasteiger partial charge < -0.3 is 34.5 Å². The van der Waals surface area contributed by atoms with Crippen molar-refractivity contribution in [3.8, 4) is 11.5 Å². The number of hydrogen-bond donors (Lipinski definition) is 2. The van der Waals surface area contributed by atoms with Gasteiger partial charge in [-0.05, 0) is 56.7 Å². The lowest BCUT2D eigenvalue weighted by Gasteiger charge is -2.28. The van der Waals surface area contributed by atoms with Crippen LogP contribution in [0.25, 0.3) is 0 Å². The van der Waals surface area contributed by atoms with E-state index >= 15 is 0 Å². The Bertz CT molecular complexity index is 950. The average molecular weight is 554 g/mol. The topological polar surface area (TPSA) is 161 Å². The number of carboxylic acid groups (broad SMARTS) is 1. The molecule has 0 saturated carbocycles. The van der Waals surface area contributed by atoms with Crippen LogP contribution in [0, 0.1) is 5.92 Å². The molecule has 1 rings (SSSR count). The number of esters is 1. The average Bonchev–Trinajstić information content (AvgIpc) is 2.84. The van der Waals surface area contributed by atoms with Crippen molar-refractivity contribution < 1.29 is 48.0 Å². The smallest absolute Gasteiger partial charge is 0.480 e. The van der Waals surface area contributed by atoms with E-state index in [9.17, 15) is 24.3 Å². The highest BCUT2D eigenvalue weighted by Gasteiger charge is 2.33. The van der Waals surface area contributed by atoms with Crippen LogP contribution < -0.4 is 15.2 Å². The van der Waals surface area contributed by atoms with Gasteiger partial charge in [0, 0.05) is 12.3 Å². The molecule has 0 saturated heterocycles. The van der Waals surface area contributed by atoms with Crippen LogP contribution in [0.4, 0.5) is 9.59 Å². The molecule has 220 valence electrons. The first-order valence-corrected chi connectivity index (χ1v) is 13.5. The van der Waals surface area contributed by atoms with Crippen molar-refractivity contribution in [1.82, 2.24) is 0 Å². The fraction of sp³-hybridized carbons (Fsp3) is 0.643. The number of nitrogens with two attached hydrogens (primary N) is 1. The highest BCUT2D eigenvalue weighted by molar-refractivity contribution is 5.75. The van der Waals surface area contributed by atoms with Crippen molar-refractivity contribution in [2.75, 3.05) is 6.61 Å². The molecule has 0 aromatic heterocycles. The largest absolute Gasteiger partial charge is 0.514 e. The summed E-state index contributed by atoms with van der Waals surface area (Å²) < 4.78 is 26.5. The fourth-order valence-corrected chi connectivity index (χ4v) is 4.03. The number of rotatable bonds is 16. The van der Waals surface area contributed by atoms with E-state index in [1.165, 1.54) is 18.2 Å². The van der Waals surface area contributed by atoms with Crippen LogP contribution in [-0.4, -0.2) is 54.2 Å². The summed E-state index contributed by atoms with van der Waals surface area (Å²) >= 11 is 0. The molecule has 39 heavy (non-hydrogen) atoms. The van der Waals surface area contributed by atoms with Gasteiger partial charge in [0.25, 0.3) is 0 Å². The minimum Gasteiger partial charge on any atom is -0.480 e. The molecular formula is C28H43NO10. The van der Waals surface area contributed by atoms with Gasteiger partial charge in [-0.2, -0.15) is 0 Å². The van der Waals surface area contributed by atoms with Gasteiger partial charge in [-0.15, -0.1) is 0 Å². The number of aliphatic carboxylic acids is 1. The zero-order valence-electron chi connectivity index (χ0n) is 23.8. The van der Waals surface area contributed by atoms with E-state index < -0.39 is 48.2 Å². The Kier molecular flexibility index (Phi) is 14.9. The Labute approximate surface area is 230 Å². The third-order valence-corrected chi connectivity index (χ3v) is 5.97. The molecule has 0 heterocycles. The Morgan fingerprint density at radius 1 is 0.846 bits per heavy atom. The minimum atomic E-state index is -1.37. The van der Waals surface area contributed by atoms with Crippen LogP contribution in [0.3, 0.4) is 0 Å². The van der Waals surface area contributed by atoms with Crippen molar-refractivity contribution in [3.63, 3.8) is 0 Å². The highest BCUT2D eigenvalue weighted by atomic mass is 16.7. The lowest BCUT2D eigenvalue weighted by atomic mass is 9.82. The van der Waals surface area contributed by atoms with E-state index in [0.29, 0.717) is 24.8 Å². The summed E-state index contributed by atoms with van der Waals surface area (Å²) in [7, 11) is 0. The van der Waals surface area contributed by atoms with Crippen LogP contribution in [0.5, 0.6) is 11.5 Å². The zero-order chi connectivity index (χ0) is 29.5. The standard InChI is InChI=1S/C28H43NO10/c1-7-10-18(5)36-27(33)38-21-14-13-20(15-22(21)39-28(34)37-19(6)11-8-2)24(25(29)26(31)32)17(4)16-35-23(30)12-9-3/h13-15,17-19,24-25H,7-12,16,29H2,1-6H3,(H,31,32)/t17?,18?,19?,24?,25-/m0/s1. The first-order valence-electron chi connectivity index (χ1n) is 13.5. The summed E-state index contributed by atoms with van der Waals surface area (Å²) in [5.41, 5.74) is 6.40. The molecule has 0 fully saturated rings. The first kappa shape index (κ1) is 33.7. The molecule has 0 spiro atoms. The number of hydrogen-bond acceptors (Lipinski definition) is 10. The second-order valence-corrected chi connectivity index (χ2v) is 9.64. The summed E-state index contributed by atoms with van der Waals surface area (Å²) in [6.07, 6.45) is 0.867. The van der Waals surface area contributed by atoms with E-state index in [-0.39, 0.29) is 30.6 Å². The zero-order valence-corrected chi connectivity index (χ0v) is 23.8. The van der Waals surface area contributed by atoms with Gasteiger partial charge in [0.05, 0.1) is 6.61 Å². The van der Waals surface area contributed by atoms with Crippen molar-refractivity contribution in [2.24, 2.45) is 11.7 Å². The molecule has 0 aliphatic carbocycles. The molecule has 5 atom stereocenters. The molecule has 11 heteroatoms. The number of benzene rings is 1. The summed E-state index contributed by atoms with van der Waals surface area (Å²) in [5.74, 6) is -3.35. The van der Waals surface area contributed by atoms with Crippen LogP contribution in [-0.2, 0) is 23.8 Å². The molecule has 0 aliphatic rings. The Hall–Kier alpha value is -3.34. The van der Waals surface area contributed by atoms with Crippen molar-refractivity contribution in [1.29, 1.82) is 0 Å². The van der Waals surface area contributed by atoms with Gasteiger partial charge in [-0.3, -0.25) is 9.59 Å². The van der Waals surface area contributed by atoms with E-state index in [1.807, 2.05) is 20.8 Å². The molecule has 0 bridgehead atoms. The SMILES string of the molecule is CCCC(=O)OCC(C)C(c1ccc(OC(=O)OC(C)CCC)c(OC(=O)OC(C)CCC)c1)[C@H](N)C(=O)O. The maximum absolute atomic E-state index is 12.5. The van der Waals surface area contributed by atoms with Crippen LogP contribution in [0.1, 0.15) is 91.5 Å². The summed E-state index contributed by atoms with van der Waals surface area (Å²) in [5, 5.41) is 9.67. The summed E-state index contributed by atoms with van der Waals surface area (Å²) in [4.78, 5) is 48.6. The lowest BCUT2D eigenvalue weighted by Crippen LogP contribution is -2.40. The quantitative estimate of drug-likeness (QED) is 0.150. The van der Waals surface area contributed by atoms with E-state index in [1.54, 1.807) is 20.8 Å². The van der Waals surface area contributed by atoms with Crippen molar-refractivity contribution in [3.05, 3.63) is 23.8 Å². The van der Waals surface area contributed by atoms with E-state index in [2.05, 4.69) is 0 Å². The second kappa shape index (κ2) is 17.3. The van der Waals surface area contributed by atoms with Gasteiger partial charge in [0.1, 0.15) is 18.2 Å². The molecule has 1 aromatic rings. The van der Waals surface area contributed by atoms with Crippen LogP contribution in [0.15, 0.2) is 18.2 Å². The maximum Gasteiger partial charge on any atom is 0.514 e. The molecule has 0 aliphatic heterocycles. The summed E-state index contributed by atoms with van der Waals surface area (Å²) in [6.45, 7) is 10.8. The Morgan fingerprint density at radius 2 is 1.38 bits per heavy atom. The summed E-state index contributed by atoms with van der Waals surface area (Å²) in [6, 6.07) is 2.85. The van der Waals surface area contributed by atoms with Gasteiger partial charge in [-0.1, -0.05) is 46.6 Å². The number of ether oxygens (including phenoxy) is 5. The highest BCUT2D eigenvalue weighted by Crippen LogP contribution is 2.36. The monoisotopic (exact) mass is 553 g/mol. The van der Waals surface area contributed by atoms with Crippen LogP contribution in [0.2, 0.25) is 0 Å². The van der Waals surface area contributed by atoms with Crippen molar-refractivity contribution >= 4 is 24.2 Å². The Morgan fingerprint density at radius 3 is 1.87 bits per heavy atom. The van der Waals surface area contributed by atoms with Gasteiger partial charge >= 0.3 is 24.2 Å². The first-order chi connectivity index (χ1) is 18.4. The normalized spacial score (nSPS) is 14.7. The predicted molar refractivity (Wildman–Crippen MR) is 143 cm³/mol. The number of carbonyl (C=O) groups excluding carboxylic acids is 3. The lowest BCUT2D eigenvalue weighted by molar-refractivity contribution is -0.145. The molecule has 0 amide bonds. The minimum absolute atomic E-state index is 0.0723. The third-order valence-electron chi connectivity index (χ3n) is 5.97. The number of carboxylic acids is 1. The van der Waals surface area contributed by atoms with Crippen LogP contribution >= 0.6 is 0 Å².